The molecule has 2 aliphatic rings. The first-order valence-electron chi connectivity index (χ1n) is 5.82. The highest BCUT2D eigenvalue weighted by atomic mass is 16.1. The third kappa shape index (κ3) is 2.55. The summed E-state index contributed by atoms with van der Waals surface area (Å²) in [6, 6.07) is 0. The summed E-state index contributed by atoms with van der Waals surface area (Å²) in [5, 5.41) is 3.25. The molecular weight excluding hydrogens is 176 g/mol. The number of likely N-dealkylation sites (tertiary alicyclic amines) is 1. The normalized spacial score (nSPS) is 29.3. The zero-order valence-electron chi connectivity index (χ0n) is 8.80. The topological polar surface area (TPSA) is 32.3 Å². The molecule has 1 unspecified atom stereocenters. The van der Waals surface area contributed by atoms with E-state index in [1.807, 2.05) is 0 Å². The summed E-state index contributed by atoms with van der Waals surface area (Å²) in [4.78, 5) is 14.2. The molecule has 14 heavy (non-hydrogen) atoms. The standard InChI is InChI=1S/C11H20N2O/c14-11(10-4-5-12-8-10)9-13-6-2-1-3-7-13/h10,12H,1-9H2. The highest BCUT2D eigenvalue weighted by molar-refractivity contribution is 5.83. The van der Waals surface area contributed by atoms with Gasteiger partial charge in [-0.2, -0.15) is 0 Å². The molecule has 0 spiro atoms. The Kier molecular flexibility index (Phi) is 3.54. The van der Waals surface area contributed by atoms with Crippen LogP contribution in [0.2, 0.25) is 0 Å². The smallest absolute Gasteiger partial charge is 0.151 e. The van der Waals surface area contributed by atoms with E-state index in [-0.39, 0.29) is 0 Å². The van der Waals surface area contributed by atoms with Crippen molar-refractivity contribution in [1.82, 2.24) is 10.2 Å². The maximum atomic E-state index is 11.8. The number of hydrogen-bond acceptors (Lipinski definition) is 3. The molecule has 3 heteroatoms. The van der Waals surface area contributed by atoms with E-state index in [0.717, 1.165) is 32.6 Å². The molecule has 0 radical (unpaired) electrons. The molecule has 2 rings (SSSR count). The summed E-state index contributed by atoms with van der Waals surface area (Å²) in [6.45, 7) is 4.90. The Hall–Kier alpha value is -0.410. The van der Waals surface area contributed by atoms with Crippen LogP contribution in [0.1, 0.15) is 25.7 Å². The fourth-order valence-electron chi connectivity index (χ4n) is 2.40. The largest absolute Gasteiger partial charge is 0.316 e. The number of ketones is 1. The Balaban J connectivity index is 1.75. The third-order valence-electron chi connectivity index (χ3n) is 3.34. The lowest BCUT2D eigenvalue weighted by atomic mass is 10.0. The lowest BCUT2D eigenvalue weighted by Gasteiger charge is -2.26. The molecule has 3 nitrogen and oxygen atoms in total. The molecule has 0 saturated carbocycles. The lowest BCUT2D eigenvalue weighted by molar-refractivity contribution is -0.123. The van der Waals surface area contributed by atoms with Gasteiger partial charge in [0.25, 0.3) is 0 Å². The number of nitrogens with zero attached hydrogens (tertiary/aromatic N) is 1. The van der Waals surface area contributed by atoms with Crippen molar-refractivity contribution >= 4 is 5.78 Å². The zero-order valence-corrected chi connectivity index (χ0v) is 8.80. The quantitative estimate of drug-likeness (QED) is 0.719. The third-order valence-corrected chi connectivity index (χ3v) is 3.34. The summed E-state index contributed by atoms with van der Waals surface area (Å²) in [7, 11) is 0. The van der Waals surface area contributed by atoms with E-state index in [9.17, 15) is 4.79 Å². The van der Waals surface area contributed by atoms with Crippen molar-refractivity contribution in [3.63, 3.8) is 0 Å². The summed E-state index contributed by atoms with van der Waals surface area (Å²) >= 11 is 0. The van der Waals surface area contributed by atoms with Crippen LogP contribution in [-0.4, -0.2) is 43.4 Å². The molecule has 0 amide bonds. The van der Waals surface area contributed by atoms with Crippen LogP contribution >= 0.6 is 0 Å². The highest BCUT2D eigenvalue weighted by Gasteiger charge is 2.24. The van der Waals surface area contributed by atoms with Crippen molar-refractivity contribution in [3.05, 3.63) is 0 Å². The van der Waals surface area contributed by atoms with Gasteiger partial charge < -0.3 is 5.32 Å². The molecule has 80 valence electrons. The van der Waals surface area contributed by atoms with Crippen molar-refractivity contribution in [2.45, 2.75) is 25.7 Å². The van der Waals surface area contributed by atoms with Crippen molar-refractivity contribution in [2.24, 2.45) is 5.92 Å². The summed E-state index contributed by atoms with van der Waals surface area (Å²) in [5.41, 5.74) is 0. The van der Waals surface area contributed by atoms with Crippen LogP contribution in [0, 0.1) is 5.92 Å². The van der Waals surface area contributed by atoms with Gasteiger partial charge in [0.15, 0.2) is 5.78 Å². The van der Waals surface area contributed by atoms with Gasteiger partial charge in [0, 0.05) is 12.5 Å². The number of carbonyl (C=O) groups excluding carboxylic acids is 1. The van der Waals surface area contributed by atoms with Gasteiger partial charge in [0.1, 0.15) is 0 Å². The first-order valence-corrected chi connectivity index (χ1v) is 5.82. The molecule has 0 aromatic carbocycles. The lowest BCUT2D eigenvalue weighted by Crippen LogP contribution is -2.37. The molecule has 2 fully saturated rings. The van der Waals surface area contributed by atoms with Crippen molar-refractivity contribution < 1.29 is 4.79 Å². The molecule has 2 heterocycles. The molecule has 1 atom stereocenters. The molecular formula is C11H20N2O. The van der Waals surface area contributed by atoms with Gasteiger partial charge in [-0.15, -0.1) is 0 Å². The summed E-state index contributed by atoms with van der Waals surface area (Å²) in [5.74, 6) is 0.758. The summed E-state index contributed by atoms with van der Waals surface area (Å²) in [6.07, 6.45) is 4.94. The van der Waals surface area contributed by atoms with Crippen LogP contribution in [0.3, 0.4) is 0 Å². The van der Waals surface area contributed by atoms with Crippen LogP contribution < -0.4 is 5.32 Å². The van der Waals surface area contributed by atoms with Crippen LogP contribution in [0.5, 0.6) is 0 Å². The van der Waals surface area contributed by atoms with Crippen LogP contribution in [0.4, 0.5) is 0 Å². The van der Waals surface area contributed by atoms with E-state index < -0.39 is 0 Å². The van der Waals surface area contributed by atoms with Gasteiger partial charge in [-0.05, 0) is 38.9 Å². The Morgan fingerprint density at radius 3 is 2.71 bits per heavy atom. The van der Waals surface area contributed by atoms with Crippen molar-refractivity contribution in [1.29, 1.82) is 0 Å². The second-order valence-electron chi connectivity index (χ2n) is 4.49. The molecule has 0 aromatic heterocycles. The zero-order chi connectivity index (χ0) is 9.80. The maximum Gasteiger partial charge on any atom is 0.151 e. The van der Waals surface area contributed by atoms with E-state index in [0.29, 0.717) is 18.2 Å². The second kappa shape index (κ2) is 4.89. The Labute approximate surface area is 85.8 Å². The number of rotatable bonds is 3. The minimum atomic E-state index is 0.303. The van der Waals surface area contributed by atoms with Gasteiger partial charge in [-0.3, -0.25) is 9.69 Å². The molecule has 0 bridgehead atoms. The maximum absolute atomic E-state index is 11.8. The number of hydrogen-bond donors (Lipinski definition) is 1. The van der Waals surface area contributed by atoms with Gasteiger partial charge in [0.05, 0.1) is 6.54 Å². The Morgan fingerprint density at radius 2 is 2.07 bits per heavy atom. The number of piperidine rings is 1. The van der Waals surface area contributed by atoms with Gasteiger partial charge in [-0.1, -0.05) is 6.42 Å². The van der Waals surface area contributed by atoms with E-state index in [1.54, 1.807) is 0 Å². The molecule has 1 N–H and O–H groups in total. The minimum Gasteiger partial charge on any atom is -0.316 e. The van der Waals surface area contributed by atoms with Crippen molar-refractivity contribution in [3.8, 4) is 0 Å². The van der Waals surface area contributed by atoms with E-state index in [1.165, 1.54) is 19.3 Å². The Bertz CT molecular complexity index is 193. The van der Waals surface area contributed by atoms with E-state index in [4.69, 9.17) is 0 Å². The second-order valence-corrected chi connectivity index (χ2v) is 4.49. The number of nitrogens with one attached hydrogen (secondary N) is 1. The highest BCUT2D eigenvalue weighted by Crippen LogP contribution is 2.13. The van der Waals surface area contributed by atoms with Gasteiger partial charge >= 0.3 is 0 Å². The molecule has 2 aliphatic heterocycles. The van der Waals surface area contributed by atoms with Gasteiger partial charge in [0.2, 0.25) is 0 Å². The SMILES string of the molecule is O=C(CN1CCCCC1)C1CCNC1. The number of carbonyl (C=O) groups is 1. The first-order chi connectivity index (χ1) is 6.86. The average molecular weight is 196 g/mol. The van der Waals surface area contributed by atoms with E-state index in [2.05, 4.69) is 10.2 Å². The monoisotopic (exact) mass is 196 g/mol. The van der Waals surface area contributed by atoms with Crippen molar-refractivity contribution in [2.75, 3.05) is 32.7 Å². The number of Topliss-reactive ketones (excluding diaryl/α,β-unsaturated/α-hetero) is 1. The van der Waals surface area contributed by atoms with Gasteiger partial charge in [-0.25, -0.2) is 0 Å². The van der Waals surface area contributed by atoms with Crippen LogP contribution in [-0.2, 0) is 4.79 Å². The average Bonchev–Trinajstić information content (AvgIpc) is 2.72. The van der Waals surface area contributed by atoms with Crippen LogP contribution in [0.25, 0.3) is 0 Å². The molecule has 2 saturated heterocycles. The molecule has 0 aromatic rings. The predicted molar refractivity (Wildman–Crippen MR) is 56.3 cm³/mol. The molecule has 0 aliphatic carbocycles. The Morgan fingerprint density at radius 1 is 1.29 bits per heavy atom. The fraction of sp³-hybridized carbons (Fsp3) is 0.909. The first kappa shape index (κ1) is 10.1. The minimum absolute atomic E-state index is 0.303. The van der Waals surface area contributed by atoms with Crippen LogP contribution in [0.15, 0.2) is 0 Å². The predicted octanol–water partition coefficient (Wildman–Crippen LogP) is 0.651. The van der Waals surface area contributed by atoms with E-state index >= 15 is 0 Å². The summed E-state index contributed by atoms with van der Waals surface area (Å²) < 4.78 is 0. The fourth-order valence-corrected chi connectivity index (χ4v) is 2.40.